The minimum atomic E-state index is -0.501. The van der Waals surface area contributed by atoms with Crippen molar-refractivity contribution in [2.75, 3.05) is 13.2 Å². The molecule has 4 aliphatic rings. The van der Waals surface area contributed by atoms with Gasteiger partial charge in [0.1, 0.15) is 12.1 Å². The molecule has 7 atom stereocenters. The van der Waals surface area contributed by atoms with Crippen LogP contribution >= 0.6 is 0 Å². The first-order valence-corrected chi connectivity index (χ1v) is 13.2. The number of para-hydroxylation sites is 2. The Morgan fingerprint density at radius 3 is 2.92 bits per heavy atom. The van der Waals surface area contributed by atoms with Crippen molar-refractivity contribution in [3.8, 4) is 6.08 Å². The highest BCUT2D eigenvalue weighted by molar-refractivity contribution is 6.01. The lowest BCUT2D eigenvalue weighted by Crippen LogP contribution is -2.57. The van der Waals surface area contributed by atoms with E-state index in [1.807, 2.05) is 30.3 Å². The van der Waals surface area contributed by atoms with Crippen molar-refractivity contribution < 1.29 is 23.8 Å². The fourth-order valence-corrected chi connectivity index (χ4v) is 8.10. The van der Waals surface area contributed by atoms with E-state index in [0.29, 0.717) is 30.4 Å². The maximum atomic E-state index is 13.3. The third kappa shape index (κ3) is 3.62. The molecule has 3 saturated carbocycles. The zero-order valence-electron chi connectivity index (χ0n) is 20.9. The highest BCUT2D eigenvalue weighted by atomic mass is 16.6. The molecule has 7 heteroatoms. The van der Waals surface area contributed by atoms with Crippen LogP contribution in [0.4, 0.5) is 0 Å². The van der Waals surface area contributed by atoms with E-state index in [1.54, 1.807) is 12.2 Å². The Balaban J connectivity index is 1.11. The molecule has 1 aromatic carbocycles. The van der Waals surface area contributed by atoms with Gasteiger partial charge in [-0.15, -0.1) is 0 Å². The summed E-state index contributed by atoms with van der Waals surface area (Å²) >= 11 is 0. The smallest absolute Gasteiger partial charge is 0.394 e. The minimum absolute atomic E-state index is 0.0394. The number of aliphatic hydroxyl groups is 1. The van der Waals surface area contributed by atoms with Crippen molar-refractivity contribution in [1.29, 1.82) is 0 Å². The number of hydrogen-bond acceptors (Lipinski definition) is 6. The van der Waals surface area contributed by atoms with E-state index in [9.17, 15) is 14.7 Å². The second-order valence-corrected chi connectivity index (χ2v) is 11.5. The third-order valence-corrected chi connectivity index (χ3v) is 9.71. The van der Waals surface area contributed by atoms with Crippen LogP contribution in [0.25, 0.3) is 11.1 Å². The molecule has 0 bridgehead atoms. The summed E-state index contributed by atoms with van der Waals surface area (Å²) in [5.74, 6) is 0.787. The van der Waals surface area contributed by atoms with Crippen LogP contribution in [-0.2, 0) is 9.59 Å². The summed E-state index contributed by atoms with van der Waals surface area (Å²) in [6.45, 7) is 5.03. The lowest BCUT2D eigenvalue weighted by atomic mass is 9.47. The number of rotatable bonds is 5. The van der Waals surface area contributed by atoms with Gasteiger partial charge in [-0.05, 0) is 73.6 Å². The molecule has 3 fully saturated rings. The van der Waals surface area contributed by atoms with Crippen molar-refractivity contribution in [1.82, 2.24) is 10.3 Å². The molecule has 36 heavy (non-hydrogen) atoms. The quantitative estimate of drug-likeness (QED) is 0.609. The van der Waals surface area contributed by atoms with Crippen LogP contribution < -0.4 is 10.1 Å². The largest absolute Gasteiger partial charge is 0.448 e. The molecule has 0 spiro atoms. The number of fused-ring (bicyclic) bond motifs is 6. The van der Waals surface area contributed by atoms with Crippen molar-refractivity contribution in [3.05, 3.63) is 48.1 Å². The highest BCUT2D eigenvalue weighted by Gasteiger charge is 2.62. The molecule has 1 heterocycles. The Labute approximate surface area is 211 Å². The number of nitrogens with one attached hydrogen (secondary N) is 1. The number of carbonyl (C=O) groups is 2. The Bertz CT molecular complexity index is 1230. The van der Waals surface area contributed by atoms with E-state index < -0.39 is 6.10 Å². The number of allylic oxidation sites excluding steroid dienone is 4. The van der Waals surface area contributed by atoms with Crippen LogP contribution in [-0.4, -0.2) is 41.0 Å². The molecular formula is C29H34N2O5. The summed E-state index contributed by atoms with van der Waals surface area (Å²) in [7, 11) is 0. The maximum absolute atomic E-state index is 13.3. The molecule has 2 N–H and O–H groups in total. The summed E-state index contributed by atoms with van der Waals surface area (Å²) in [5, 5.41) is 14.5. The normalized spacial score (nSPS) is 37.1. The molecule has 7 unspecified atom stereocenters. The highest BCUT2D eigenvalue weighted by Crippen LogP contribution is 2.65. The lowest BCUT2D eigenvalue weighted by Gasteiger charge is -2.58. The predicted molar refractivity (Wildman–Crippen MR) is 134 cm³/mol. The summed E-state index contributed by atoms with van der Waals surface area (Å²) in [6, 6.07) is 7.48. The fraction of sp³-hybridized carbons (Fsp3) is 0.552. The molecule has 2 aromatic rings. The van der Waals surface area contributed by atoms with Gasteiger partial charge in [0.15, 0.2) is 11.4 Å². The molecule has 7 nitrogen and oxygen atoms in total. The number of amides is 1. The number of oxazole rings is 1. The summed E-state index contributed by atoms with van der Waals surface area (Å²) in [5.41, 5.74) is 2.05. The topological polar surface area (TPSA) is 102 Å². The number of aromatic nitrogens is 1. The van der Waals surface area contributed by atoms with Gasteiger partial charge >= 0.3 is 6.08 Å². The van der Waals surface area contributed by atoms with Gasteiger partial charge in [-0.1, -0.05) is 37.6 Å². The molecule has 1 aromatic heterocycles. The summed E-state index contributed by atoms with van der Waals surface area (Å²) in [6.07, 6.45) is 9.49. The number of ether oxygens (including phenoxy) is 1. The summed E-state index contributed by atoms with van der Waals surface area (Å²) < 4.78 is 11.2. The van der Waals surface area contributed by atoms with Crippen LogP contribution in [0, 0.1) is 34.5 Å². The van der Waals surface area contributed by atoms with E-state index >= 15 is 0 Å². The monoisotopic (exact) mass is 490 g/mol. The number of ketones is 1. The average molecular weight is 491 g/mol. The fourth-order valence-electron chi connectivity index (χ4n) is 8.10. The number of carbonyl (C=O) groups excluding carboxylic acids is 2. The van der Waals surface area contributed by atoms with Gasteiger partial charge < -0.3 is 19.6 Å². The number of nitrogens with zero attached hydrogens (tertiary/aromatic N) is 1. The second-order valence-electron chi connectivity index (χ2n) is 11.5. The van der Waals surface area contributed by atoms with Gasteiger partial charge in [0.05, 0.1) is 12.6 Å². The first kappa shape index (κ1) is 23.5. The van der Waals surface area contributed by atoms with Gasteiger partial charge in [0.25, 0.3) is 0 Å². The van der Waals surface area contributed by atoms with E-state index in [-0.39, 0.29) is 47.0 Å². The standard InChI is InChI=1S/C29H34N2O5/c1-28-12-11-18(32)15-17(28)7-8-19-20-9-10-21(29(20,2)16-23(33)25(19)28)26(34)30-13-14-35-27-31-22-5-3-4-6-24(22)36-27/h3-6,11-12,15,19-21,23,25,33H,7-10,13-14,16H2,1-2H3,(H,30,34). The number of aliphatic hydroxyl groups excluding tert-OH is 1. The second kappa shape index (κ2) is 8.58. The maximum Gasteiger partial charge on any atom is 0.394 e. The lowest BCUT2D eigenvalue weighted by molar-refractivity contribution is -0.141. The van der Waals surface area contributed by atoms with Crippen LogP contribution in [0.3, 0.4) is 0 Å². The average Bonchev–Trinajstić information content (AvgIpc) is 3.42. The molecule has 4 aliphatic carbocycles. The molecule has 190 valence electrons. The molecule has 6 rings (SSSR count). The van der Waals surface area contributed by atoms with Gasteiger partial charge in [-0.2, -0.15) is 4.98 Å². The van der Waals surface area contributed by atoms with Crippen molar-refractivity contribution in [2.45, 2.75) is 52.1 Å². The molecular weight excluding hydrogens is 456 g/mol. The van der Waals surface area contributed by atoms with Crippen molar-refractivity contribution in [2.24, 2.45) is 34.5 Å². The number of benzene rings is 1. The van der Waals surface area contributed by atoms with E-state index in [0.717, 1.165) is 36.8 Å². The third-order valence-electron chi connectivity index (χ3n) is 9.71. The van der Waals surface area contributed by atoms with Gasteiger partial charge in [-0.3, -0.25) is 9.59 Å². The zero-order valence-corrected chi connectivity index (χ0v) is 20.9. The van der Waals surface area contributed by atoms with Gasteiger partial charge in [-0.25, -0.2) is 0 Å². The summed E-state index contributed by atoms with van der Waals surface area (Å²) in [4.78, 5) is 29.6. The van der Waals surface area contributed by atoms with Crippen molar-refractivity contribution in [3.63, 3.8) is 0 Å². The molecule has 1 amide bonds. The Kier molecular flexibility index (Phi) is 5.59. The first-order chi connectivity index (χ1) is 17.3. The predicted octanol–water partition coefficient (Wildman–Crippen LogP) is 4.22. The van der Waals surface area contributed by atoms with Crippen LogP contribution in [0.5, 0.6) is 6.08 Å². The van der Waals surface area contributed by atoms with E-state index in [4.69, 9.17) is 9.15 Å². The van der Waals surface area contributed by atoms with Crippen LogP contribution in [0.2, 0.25) is 0 Å². The SMILES string of the molecule is CC12C=CC(=O)C=C1CCC1C2C(O)CC2(C)C(C(=O)NCCOc3nc4ccccc4o3)CCC12. The first-order valence-electron chi connectivity index (χ1n) is 13.2. The van der Waals surface area contributed by atoms with Crippen LogP contribution in [0.15, 0.2) is 52.5 Å². The number of hydrogen-bond donors (Lipinski definition) is 2. The Morgan fingerprint density at radius 1 is 1.25 bits per heavy atom. The molecule has 0 aliphatic heterocycles. The van der Waals surface area contributed by atoms with E-state index in [1.165, 1.54) is 0 Å². The van der Waals surface area contributed by atoms with Crippen molar-refractivity contribution >= 4 is 22.8 Å². The van der Waals surface area contributed by atoms with E-state index in [2.05, 4.69) is 24.1 Å². The Morgan fingerprint density at radius 2 is 2.08 bits per heavy atom. The molecule has 0 radical (unpaired) electrons. The van der Waals surface area contributed by atoms with Crippen LogP contribution in [0.1, 0.15) is 46.0 Å². The zero-order chi connectivity index (χ0) is 25.1. The van der Waals surface area contributed by atoms with Gasteiger partial charge in [0.2, 0.25) is 5.91 Å². The minimum Gasteiger partial charge on any atom is -0.448 e. The Hall–Kier alpha value is -2.93. The van der Waals surface area contributed by atoms with Gasteiger partial charge in [0, 0.05) is 17.3 Å². The molecule has 0 saturated heterocycles.